The second-order valence-electron chi connectivity index (χ2n) is 4.45. The first-order valence-electron chi connectivity index (χ1n) is 6.11. The van der Waals surface area contributed by atoms with Crippen LogP contribution in [0.25, 0.3) is 0 Å². The Labute approximate surface area is 101 Å². The third-order valence-electron chi connectivity index (χ3n) is 3.33. The molecule has 1 aliphatic carbocycles. The lowest BCUT2D eigenvalue weighted by Gasteiger charge is -2.06. The van der Waals surface area contributed by atoms with Crippen molar-refractivity contribution in [3.8, 4) is 0 Å². The van der Waals surface area contributed by atoms with Crippen molar-refractivity contribution in [1.29, 1.82) is 0 Å². The van der Waals surface area contributed by atoms with Gasteiger partial charge in [0.25, 0.3) is 0 Å². The topological polar surface area (TPSA) is 70.1 Å². The van der Waals surface area contributed by atoms with Gasteiger partial charge in [0.1, 0.15) is 11.6 Å². The number of nitrogens with two attached hydrogens (primary N) is 1. The number of ether oxygens (including phenoxy) is 1. The van der Waals surface area contributed by atoms with Crippen molar-refractivity contribution in [2.24, 2.45) is 5.92 Å². The summed E-state index contributed by atoms with van der Waals surface area (Å²) in [6.07, 6.45) is 2.26. The van der Waals surface area contributed by atoms with E-state index in [1.54, 1.807) is 6.92 Å². The van der Waals surface area contributed by atoms with E-state index >= 15 is 0 Å². The summed E-state index contributed by atoms with van der Waals surface area (Å²) in [6.45, 7) is 6.15. The zero-order chi connectivity index (χ0) is 12.6. The number of hydrogen-bond acceptors (Lipinski definition) is 4. The molecule has 1 saturated carbocycles. The van der Waals surface area contributed by atoms with Crippen molar-refractivity contribution < 1.29 is 9.53 Å². The van der Waals surface area contributed by atoms with Crippen LogP contribution in [0.1, 0.15) is 49.0 Å². The van der Waals surface area contributed by atoms with Crippen LogP contribution in [0.4, 0.5) is 5.82 Å². The van der Waals surface area contributed by atoms with E-state index in [-0.39, 0.29) is 5.69 Å². The van der Waals surface area contributed by atoms with E-state index in [1.807, 2.05) is 11.5 Å². The summed E-state index contributed by atoms with van der Waals surface area (Å²) in [5, 5.41) is 0. The molecule has 1 aromatic heterocycles. The summed E-state index contributed by atoms with van der Waals surface area (Å²) in [4.78, 5) is 15.9. The summed E-state index contributed by atoms with van der Waals surface area (Å²) < 4.78 is 6.91. The SMILES string of the molecule is CCOC(=O)c1nc(C)n(C2CC2CC)c1N. The van der Waals surface area contributed by atoms with Crippen molar-refractivity contribution >= 4 is 11.8 Å². The summed E-state index contributed by atoms with van der Waals surface area (Å²) in [5.74, 6) is 1.48. The number of nitrogens with zero attached hydrogens (tertiary/aromatic N) is 2. The first kappa shape index (κ1) is 12.0. The average molecular weight is 237 g/mol. The molecule has 2 unspecified atom stereocenters. The maximum atomic E-state index is 11.6. The molecule has 0 bridgehead atoms. The van der Waals surface area contributed by atoms with E-state index in [0.717, 1.165) is 18.7 Å². The van der Waals surface area contributed by atoms with Gasteiger partial charge in [-0.1, -0.05) is 13.3 Å². The summed E-state index contributed by atoms with van der Waals surface area (Å²) in [6, 6.07) is 0.413. The number of aromatic nitrogens is 2. The van der Waals surface area contributed by atoms with Gasteiger partial charge in [-0.25, -0.2) is 9.78 Å². The van der Waals surface area contributed by atoms with Crippen LogP contribution in [0.3, 0.4) is 0 Å². The lowest BCUT2D eigenvalue weighted by Crippen LogP contribution is -2.10. The maximum absolute atomic E-state index is 11.6. The van der Waals surface area contributed by atoms with Gasteiger partial charge in [-0.2, -0.15) is 0 Å². The van der Waals surface area contributed by atoms with Crippen molar-refractivity contribution in [3.05, 3.63) is 11.5 Å². The molecule has 0 aromatic carbocycles. The standard InChI is InChI=1S/C12H19N3O2/c1-4-8-6-9(8)15-7(3)14-10(11(15)13)12(16)17-5-2/h8-9H,4-6,13H2,1-3H3. The number of hydrogen-bond donors (Lipinski definition) is 1. The van der Waals surface area contributed by atoms with Crippen molar-refractivity contribution in [3.63, 3.8) is 0 Å². The van der Waals surface area contributed by atoms with Crippen molar-refractivity contribution in [2.75, 3.05) is 12.3 Å². The zero-order valence-electron chi connectivity index (χ0n) is 10.6. The Bertz CT molecular complexity index is 439. The molecule has 17 heavy (non-hydrogen) atoms. The summed E-state index contributed by atoms with van der Waals surface area (Å²) in [7, 11) is 0. The van der Waals surface area contributed by atoms with Gasteiger partial charge in [0.15, 0.2) is 5.69 Å². The normalized spacial score (nSPS) is 22.5. The lowest BCUT2D eigenvalue weighted by molar-refractivity contribution is 0.0521. The monoisotopic (exact) mass is 237 g/mol. The third-order valence-corrected chi connectivity index (χ3v) is 3.33. The Kier molecular flexibility index (Phi) is 3.09. The number of aryl methyl sites for hydroxylation is 1. The number of nitrogen functional groups attached to an aromatic ring is 1. The van der Waals surface area contributed by atoms with E-state index < -0.39 is 5.97 Å². The van der Waals surface area contributed by atoms with Crippen molar-refractivity contribution in [1.82, 2.24) is 9.55 Å². The number of rotatable bonds is 4. The first-order valence-corrected chi connectivity index (χ1v) is 6.11. The highest BCUT2D eigenvalue weighted by atomic mass is 16.5. The van der Waals surface area contributed by atoms with Crippen LogP contribution in [0.15, 0.2) is 0 Å². The molecule has 5 heteroatoms. The lowest BCUT2D eigenvalue weighted by atomic mass is 10.3. The Morgan fingerprint density at radius 3 is 2.82 bits per heavy atom. The minimum atomic E-state index is -0.430. The number of carbonyl (C=O) groups excluding carboxylic acids is 1. The van der Waals surface area contributed by atoms with Crippen LogP contribution in [0.2, 0.25) is 0 Å². The molecule has 5 nitrogen and oxygen atoms in total. The van der Waals surface area contributed by atoms with Crippen LogP contribution < -0.4 is 5.73 Å². The zero-order valence-corrected chi connectivity index (χ0v) is 10.6. The van der Waals surface area contributed by atoms with E-state index in [4.69, 9.17) is 10.5 Å². The molecule has 1 aromatic rings. The van der Waals surface area contributed by atoms with Crippen LogP contribution in [-0.4, -0.2) is 22.1 Å². The number of carbonyl (C=O) groups is 1. The van der Waals surface area contributed by atoms with E-state index in [1.165, 1.54) is 0 Å². The molecular weight excluding hydrogens is 218 g/mol. The number of esters is 1. The Morgan fingerprint density at radius 2 is 2.29 bits per heavy atom. The summed E-state index contributed by atoms with van der Waals surface area (Å²) >= 11 is 0. The smallest absolute Gasteiger partial charge is 0.360 e. The van der Waals surface area contributed by atoms with E-state index in [9.17, 15) is 4.79 Å². The Balaban J connectivity index is 2.27. The van der Waals surface area contributed by atoms with Crippen LogP contribution in [0.5, 0.6) is 0 Å². The molecule has 0 saturated heterocycles. The molecule has 94 valence electrons. The summed E-state index contributed by atoms with van der Waals surface area (Å²) in [5.41, 5.74) is 6.25. The number of anilines is 1. The quantitative estimate of drug-likeness (QED) is 0.812. The second-order valence-corrected chi connectivity index (χ2v) is 4.45. The van der Waals surface area contributed by atoms with E-state index in [0.29, 0.717) is 24.4 Å². The predicted molar refractivity (Wildman–Crippen MR) is 64.8 cm³/mol. The molecule has 1 fully saturated rings. The van der Waals surface area contributed by atoms with Gasteiger partial charge in [-0.05, 0) is 26.2 Å². The second kappa shape index (κ2) is 4.39. The molecule has 2 rings (SSSR count). The largest absolute Gasteiger partial charge is 0.461 e. The van der Waals surface area contributed by atoms with Crippen LogP contribution in [-0.2, 0) is 4.74 Å². The molecule has 2 N–H and O–H groups in total. The molecule has 2 atom stereocenters. The third kappa shape index (κ3) is 2.01. The van der Waals surface area contributed by atoms with Gasteiger partial charge in [0.2, 0.25) is 0 Å². The van der Waals surface area contributed by atoms with Crippen LogP contribution >= 0.6 is 0 Å². The Morgan fingerprint density at radius 1 is 1.59 bits per heavy atom. The highest BCUT2D eigenvalue weighted by Crippen LogP contribution is 2.47. The number of imidazole rings is 1. The minimum Gasteiger partial charge on any atom is -0.461 e. The van der Waals surface area contributed by atoms with Crippen LogP contribution in [0, 0.1) is 12.8 Å². The van der Waals surface area contributed by atoms with Gasteiger partial charge in [-0.3, -0.25) is 0 Å². The van der Waals surface area contributed by atoms with Gasteiger partial charge >= 0.3 is 5.97 Å². The van der Waals surface area contributed by atoms with Crippen molar-refractivity contribution in [2.45, 2.75) is 39.7 Å². The first-order chi connectivity index (χ1) is 8.10. The molecule has 1 aliphatic rings. The Hall–Kier alpha value is -1.52. The fraction of sp³-hybridized carbons (Fsp3) is 0.667. The molecule has 0 radical (unpaired) electrons. The van der Waals surface area contributed by atoms with Gasteiger partial charge in [-0.15, -0.1) is 0 Å². The van der Waals surface area contributed by atoms with Gasteiger partial charge in [0.05, 0.1) is 6.61 Å². The average Bonchev–Trinajstić information content (AvgIpc) is 2.99. The molecule has 0 amide bonds. The highest BCUT2D eigenvalue weighted by molar-refractivity contribution is 5.92. The van der Waals surface area contributed by atoms with Gasteiger partial charge in [0, 0.05) is 6.04 Å². The fourth-order valence-corrected chi connectivity index (χ4v) is 2.32. The minimum absolute atomic E-state index is 0.256. The molecular formula is C12H19N3O2. The molecule has 1 heterocycles. The predicted octanol–water partition coefficient (Wildman–Crippen LogP) is 1.92. The fourth-order valence-electron chi connectivity index (χ4n) is 2.32. The molecule has 0 spiro atoms. The molecule has 0 aliphatic heterocycles. The van der Waals surface area contributed by atoms with Gasteiger partial charge < -0.3 is 15.0 Å². The maximum Gasteiger partial charge on any atom is 0.360 e. The van der Waals surface area contributed by atoms with E-state index in [2.05, 4.69) is 11.9 Å². The highest BCUT2D eigenvalue weighted by Gasteiger charge is 2.40.